The third kappa shape index (κ3) is 5.06. The normalized spacial score (nSPS) is 10.3. The smallest absolute Gasteiger partial charge is 0.255 e. The Labute approximate surface area is 151 Å². The Balaban J connectivity index is 1.58. The van der Waals surface area contributed by atoms with E-state index >= 15 is 0 Å². The number of carbonyl (C=O) groups excluding carboxylic acids is 1. The molecule has 25 heavy (non-hydrogen) atoms. The summed E-state index contributed by atoms with van der Waals surface area (Å²) in [6, 6.07) is 20.6. The van der Waals surface area contributed by atoms with Crippen LogP contribution >= 0.6 is 11.6 Å². The van der Waals surface area contributed by atoms with Crippen molar-refractivity contribution in [3.63, 3.8) is 0 Å². The van der Waals surface area contributed by atoms with E-state index in [0.29, 0.717) is 17.9 Å². The Morgan fingerprint density at radius 1 is 1.00 bits per heavy atom. The summed E-state index contributed by atoms with van der Waals surface area (Å²) in [6.07, 6.45) is 2.45. The number of benzene rings is 2. The minimum Gasteiger partial charge on any atom is -0.370 e. The van der Waals surface area contributed by atoms with Crippen LogP contribution < -0.4 is 10.6 Å². The van der Waals surface area contributed by atoms with Gasteiger partial charge in [0, 0.05) is 29.0 Å². The molecule has 0 bridgehead atoms. The molecule has 3 aromatic rings. The number of anilines is 2. The highest BCUT2D eigenvalue weighted by molar-refractivity contribution is 6.30. The first-order valence-electron chi connectivity index (χ1n) is 8.01. The van der Waals surface area contributed by atoms with Crippen molar-refractivity contribution in [2.24, 2.45) is 0 Å². The number of carbonyl (C=O) groups is 1. The number of para-hydroxylation sites is 1. The summed E-state index contributed by atoms with van der Waals surface area (Å²) in [7, 11) is 0. The van der Waals surface area contributed by atoms with Crippen LogP contribution in [-0.2, 0) is 6.42 Å². The Bertz CT molecular complexity index is 852. The lowest BCUT2D eigenvalue weighted by Gasteiger charge is -2.08. The fraction of sp³-hybridized carbons (Fsp3) is 0.100. The van der Waals surface area contributed by atoms with Gasteiger partial charge in [-0.1, -0.05) is 41.9 Å². The molecule has 1 amide bonds. The maximum absolute atomic E-state index is 12.3. The quantitative estimate of drug-likeness (QED) is 0.680. The molecule has 0 saturated carbocycles. The summed E-state index contributed by atoms with van der Waals surface area (Å²) in [5, 5.41) is 6.83. The Kier molecular flexibility index (Phi) is 5.65. The molecule has 0 spiro atoms. The lowest BCUT2D eigenvalue weighted by Crippen LogP contribution is -2.13. The fourth-order valence-corrected chi connectivity index (χ4v) is 2.63. The number of hydrogen-bond acceptors (Lipinski definition) is 3. The van der Waals surface area contributed by atoms with Crippen molar-refractivity contribution in [1.29, 1.82) is 0 Å². The molecule has 1 aromatic heterocycles. The molecule has 0 saturated heterocycles. The number of nitrogens with one attached hydrogen (secondary N) is 2. The van der Waals surface area contributed by atoms with E-state index in [-0.39, 0.29) is 5.91 Å². The molecule has 0 aliphatic rings. The zero-order valence-electron chi connectivity index (χ0n) is 13.6. The summed E-state index contributed by atoms with van der Waals surface area (Å²) < 4.78 is 0. The van der Waals surface area contributed by atoms with Gasteiger partial charge in [0.1, 0.15) is 5.82 Å². The van der Waals surface area contributed by atoms with Crippen LogP contribution in [0.15, 0.2) is 72.9 Å². The first-order valence-corrected chi connectivity index (χ1v) is 8.39. The van der Waals surface area contributed by atoms with Crippen molar-refractivity contribution in [2.75, 3.05) is 17.2 Å². The highest BCUT2D eigenvalue weighted by atomic mass is 35.5. The molecule has 2 aromatic carbocycles. The van der Waals surface area contributed by atoms with Crippen molar-refractivity contribution >= 4 is 29.0 Å². The number of halogens is 1. The van der Waals surface area contributed by atoms with Gasteiger partial charge >= 0.3 is 0 Å². The number of pyridine rings is 1. The Morgan fingerprint density at radius 2 is 1.84 bits per heavy atom. The van der Waals surface area contributed by atoms with Gasteiger partial charge < -0.3 is 10.6 Å². The molecule has 0 aliphatic carbocycles. The Hall–Kier alpha value is -2.85. The van der Waals surface area contributed by atoms with E-state index in [0.717, 1.165) is 22.7 Å². The van der Waals surface area contributed by atoms with Gasteiger partial charge in [0.05, 0.1) is 0 Å². The minimum atomic E-state index is -0.161. The van der Waals surface area contributed by atoms with Gasteiger partial charge in [-0.15, -0.1) is 0 Å². The summed E-state index contributed by atoms with van der Waals surface area (Å²) in [5.41, 5.74) is 2.47. The van der Waals surface area contributed by atoms with Crippen LogP contribution in [-0.4, -0.2) is 17.4 Å². The van der Waals surface area contributed by atoms with Gasteiger partial charge in [-0.2, -0.15) is 0 Å². The molecule has 3 rings (SSSR count). The SMILES string of the molecule is O=C(Nc1ccccc1)c1ccnc(NCCc2cccc(Cl)c2)c1. The zero-order valence-corrected chi connectivity index (χ0v) is 14.3. The van der Waals surface area contributed by atoms with Crippen molar-refractivity contribution in [3.05, 3.63) is 89.1 Å². The molecular formula is C20H18ClN3O. The molecule has 0 atom stereocenters. The number of amides is 1. The summed E-state index contributed by atoms with van der Waals surface area (Å²) in [4.78, 5) is 16.6. The molecular weight excluding hydrogens is 334 g/mol. The highest BCUT2D eigenvalue weighted by Crippen LogP contribution is 2.13. The van der Waals surface area contributed by atoms with Gasteiger partial charge in [0.2, 0.25) is 0 Å². The molecule has 5 heteroatoms. The number of nitrogens with zero attached hydrogens (tertiary/aromatic N) is 1. The molecule has 4 nitrogen and oxygen atoms in total. The largest absolute Gasteiger partial charge is 0.370 e. The first kappa shape index (κ1) is 17.0. The van der Waals surface area contributed by atoms with Gasteiger partial charge in [-0.25, -0.2) is 4.98 Å². The van der Waals surface area contributed by atoms with Crippen molar-refractivity contribution < 1.29 is 4.79 Å². The predicted molar refractivity (Wildman–Crippen MR) is 102 cm³/mol. The Morgan fingerprint density at radius 3 is 2.64 bits per heavy atom. The molecule has 0 radical (unpaired) electrons. The summed E-state index contributed by atoms with van der Waals surface area (Å²) in [6.45, 7) is 0.705. The van der Waals surface area contributed by atoms with Gasteiger partial charge in [-0.3, -0.25) is 4.79 Å². The average molecular weight is 352 g/mol. The standard InChI is InChI=1S/C20H18ClN3O/c21-17-6-4-5-15(13-17)9-11-22-19-14-16(10-12-23-19)20(25)24-18-7-2-1-3-8-18/h1-8,10,12-14H,9,11H2,(H,22,23)(H,24,25). The van der Waals surface area contributed by atoms with Gasteiger partial charge in [0.25, 0.3) is 5.91 Å². The van der Waals surface area contributed by atoms with Crippen LogP contribution in [0, 0.1) is 0 Å². The molecule has 0 aliphatic heterocycles. The molecule has 1 heterocycles. The second-order valence-electron chi connectivity index (χ2n) is 5.56. The fourth-order valence-electron chi connectivity index (χ4n) is 2.42. The number of aromatic nitrogens is 1. The predicted octanol–water partition coefficient (Wildman–Crippen LogP) is 4.64. The zero-order chi connectivity index (χ0) is 17.5. The van der Waals surface area contributed by atoms with Crippen molar-refractivity contribution in [1.82, 2.24) is 4.98 Å². The van der Waals surface area contributed by atoms with E-state index in [9.17, 15) is 4.79 Å². The lowest BCUT2D eigenvalue weighted by molar-refractivity contribution is 0.102. The maximum Gasteiger partial charge on any atom is 0.255 e. The van der Waals surface area contributed by atoms with Crippen LogP contribution in [0.3, 0.4) is 0 Å². The van der Waals surface area contributed by atoms with E-state index < -0.39 is 0 Å². The summed E-state index contributed by atoms with van der Waals surface area (Å²) in [5.74, 6) is 0.509. The topological polar surface area (TPSA) is 54.0 Å². The molecule has 0 fully saturated rings. The second kappa shape index (κ2) is 8.31. The van der Waals surface area contributed by atoms with Crippen LogP contribution in [0.4, 0.5) is 11.5 Å². The van der Waals surface area contributed by atoms with E-state index in [1.54, 1.807) is 18.3 Å². The van der Waals surface area contributed by atoms with Crippen LogP contribution in [0.5, 0.6) is 0 Å². The molecule has 126 valence electrons. The van der Waals surface area contributed by atoms with Gasteiger partial charge in [0.15, 0.2) is 0 Å². The van der Waals surface area contributed by atoms with Gasteiger partial charge in [-0.05, 0) is 48.4 Å². The lowest BCUT2D eigenvalue weighted by atomic mass is 10.1. The van der Waals surface area contributed by atoms with E-state index in [1.807, 2.05) is 54.6 Å². The van der Waals surface area contributed by atoms with E-state index in [1.165, 1.54) is 0 Å². The second-order valence-corrected chi connectivity index (χ2v) is 5.99. The summed E-state index contributed by atoms with van der Waals surface area (Å²) >= 11 is 5.99. The number of rotatable bonds is 6. The van der Waals surface area contributed by atoms with Crippen LogP contribution in [0.2, 0.25) is 5.02 Å². The van der Waals surface area contributed by atoms with Crippen LogP contribution in [0.1, 0.15) is 15.9 Å². The monoisotopic (exact) mass is 351 g/mol. The number of hydrogen-bond donors (Lipinski definition) is 2. The van der Waals surface area contributed by atoms with Crippen molar-refractivity contribution in [2.45, 2.75) is 6.42 Å². The average Bonchev–Trinajstić information content (AvgIpc) is 2.63. The molecule has 2 N–H and O–H groups in total. The van der Waals surface area contributed by atoms with Crippen LogP contribution in [0.25, 0.3) is 0 Å². The van der Waals surface area contributed by atoms with Crippen molar-refractivity contribution in [3.8, 4) is 0 Å². The minimum absolute atomic E-state index is 0.161. The van der Waals surface area contributed by atoms with E-state index in [2.05, 4.69) is 15.6 Å². The molecule has 0 unspecified atom stereocenters. The highest BCUT2D eigenvalue weighted by Gasteiger charge is 2.07. The maximum atomic E-state index is 12.3. The first-order chi connectivity index (χ1) is 12.2. The third-order valence-electron chi connectivity index (χ3n) is 3.66. The third-order valence-corrected chi connectivity index (χ3v) is 3.90. The van der Waals surface area contributed by atoms with E-state index in [4.69, 9.17) is 11.6 Å².